The molecule has 0 N–H and O–H groups in total. The second kappa shape index (κ2) is 5.33. The van der Waals surface area contributed by atoms with Gasteiger partial charge in [0.15, 0.2) is 0 Å². The van der Waals surface area contributed by atoms with E-state index >= 15 is 0 Å². The number of hydrogen-bond donors (Lipinski definition) is 0. The van der Waals surface area contributed by atoms with Crippen LogP contribution < -0.4 is 0 Å². The Hall–Kier alpha value is -1.56. The molecule has 0 aliphatic rings. The molecule has 0 fully saturated rings. The molecule has 0 atom stereocenters. The van der Waals surface area contributed by atoms with E-state index in [0.717, 1.165) is 0 Å². The monoisotopic (exact) mass is 280 g/mol. The summed E-state index contributed by atoms with van der Waals surface area (Å²) in [5, 5.41) is 0. The van der Waals surface area contributed by atoms with Gasteiger partial charge in [-0.05, 0) is 45.6 Å². The van der Waals surface area contributed by atoms with Gasteiger partial charge in [0.1, 0.15) is 0 Å². The van der Waals surface area contributed by atoms with E-state index in [0.29, 0.717) is 0 Å². The van der Waals surface area contributed by atoms with Crippen LogP contribution in [0.3, 0.4) is 0 Å². The third kappa shape index (κ3) is 3.37. The molecule has 0 saturated carbocycles. The van der Waals surface area contributed by atoms with E-state index in [1.54, 1.807) is 0 Å². The Bertz CT molecular complexity index is 620. The summed E-state index contributed by atoms with van der Waals surface area (Å²) in [5.74, 6) is 0. The zero-order valence-electron chi connectivity index (χ0n) is 14.5. The average molecular weight is 280 g/mol. The van der Waals surface area contributed by atoms with Gasteiger partial charge in [-0.2, -0.15) is 0 Å². The molecule has 0 aliphatic heterocycles. The van der Waals surface area contributed by atoms with Crippen LogP contribution in [0.4, 0.5) is 0 Å². The fourth-order valence-corrected chi connectivity index (χ4v) is 2.84. The minimum Gasteiger partial charge on any atom is -0.0622 e. The van der Waals surface area contributed by atoms with Crippen LogP contribution in [0.2, 0.25) is 0 Å². The maximum Gasteiger partial charge on any atom is -0.0129 e. The maximum atomic E-state index is 2.40. The lowest BCUT2D eigenvalue weighted by molar-refractivity contribution is 0.566. The zero-order valence-corrected chi connectivity index (χ0v) is 14.5. The van der Waals surface area contributed by atoms with Gasteiger partial charge >= 0.3 is 0 Å². The van der Waals surface area contributed by atoms with Crippen LogP contribution in [0, 0.1) is 6.92 Å². The van der Waals surface area contributed by atoms with Crippen LogP contribution in [-0.4, -0.2) is 0 Å². The molecular weight excluding hydrogens is 252 g/mol. The Kier molecular flexibility index (Phi) is 4.02. The first-order valence-electron chi connectivity index (χ1n) is 7.82. The van der Waals surface area contributed by atoms with Crippen molar-refractivity contribution in [3.8, 4) is 11.1 Å². The van der Waals surface area contributed by atoms with Crippen LogP contribution in [-0.2, 0) is 10.8 Å². The van der Waals surface area contributed by atoms with Gasteiger partial charge in [0.05, 0.1) is 0 Å². The highest BCUT2D eigenvalue weighted by molar-refractivity contribution is 5.70. The first kappa shape index (κ1) is 15.8. The zero-order chi connectivity index (χ0) is 15.8. The number of rotatable bonds is 1. The van der Waals surface area contributed by atoms with Gasteiger partial charge in [0.25, 0.3) is 0 Å². The molecular formula is C21H28. The van der Waals surface area contributed by atoms with Crippen molar-refractivity contribution in [1.82, 2.24) is 0 Å². The van der Waals surface area contributed by atoms with Crippen molar-refractivity contribution in [3.63, 3.8) is 0 Å². The molecule has 0 saturated heterocycles. The molecule has 2 rings (SSSR count). The second-order valence-corrected chi connectivity index (χ2v) is 8.06. The van der Waals surface area contributed by atoms with Crippen LogP contribution in [0.5, 0.6) is 0 Å². The van der Waals surface area contributed by atoms with Crippen LogP contribution in [0.15, 0.2) is 42.5 Å². The average Bonchev–Trinajstić information content (AvgIpc) is 2.37. The third-order valence-electron chi connectivity index (χ3n) is 4.17. The fraction of sp³-hybridized carbons (Fsp3) is 0.429. The number of benzene rings is 2. The Labute approximate surface area is 130 Å². The quantitative estimate of drug-likeness (QED) is 0.578. The Balaban J connectivity index is 2.76. The molecule has 0 amide bonds. The largest absolute Gasteiger partial charge is 0.0622 e. The summed E-state index contributed by atoms with van der Waals surface area (Å²) in [6.45, 7) is 16.0. The van der Waals surface area contributed by atoms with Crippen molar-refractivity contribution in [2.24, 2.45) is 0 Å². The van der Waals surface area contributed by atoms with Crippen molar-refractivity contribution in [2.45, 2.75) is 59.3 Å². The predicted molar refractivity (Wildman–Crippen MR) is 94.0 cm³/mol. The molecule has 0 aliphatic carbocycles. The second-order valence-electron chi connectivity index (χ2n) is 8.06. The highest BCUT2D eigenvalue weighted by Crippen LogP contribution is 2.37. The smallest absolute Gasteiger partial charge is 0.0129 e. The van der Waals surface area contributed by atoms with Crippen molar-refractivity contribution in [1.29, 1.82) is 0 Å². The number of hydrogen-bond acceptors (Lipinski definition) is 0. The third-order valence-corrected chi connectivity index (χ3v) is 4.17. The van der Waals surface area contributed by atoms with Crippen molar-refractivity contribution in [2.75, 3.05) is 0 Å². The van der Waals surface area contributed by atoms with Gasteiger partial charge in [-0.25, -0.2) is 0 Å². The fourth-order valence-electron chi connectivity index (χ4n) is 2.84. The lowest BCUT2D eigenvalue weighted by atomic mass is 9.76. The Morgan fingerprint density at radius 2 is 1.29 bits per heavy atom. The topological polar surface area (TPSA) is 0 Å². The first-order chi connectivity index (χ1) is 9.60. The minimum absolute atomic E-state index is 0.162. The van der Waals surface area contributed by atoms with E-state index in [-0.39, 0.29) is 10.8 Å². The molecule has 0 heteroatoms. The van der Waals surface area contributed by atoms with E-state index in [4.69, 9.17) is 0 Å². The molecule has 21 heavy (non-hydrogen) atoms. The Morgan fingerprint density at radius 1 is 0.714 bits per heavy atom. The van der Waals surface area contributed by atoms with Crippen LogP contribution in [0.25, 0.3) is 11.1 Å². The minimum atomic E-state index is 0.162. The molecule has 0 nitrogen and oxygen atoms in total. The molecule has 0 unspecified atom stereocenters. The van der Waals surface area contributed by atoms with Crippen LogP contribution >= 0.6 is 0 Å². The van der Waals surface area contributed by atoms with E-state index in [2.05, 4.69) is 90.9 Å². The summed E-state index contributed by atoms with van der Waals surface area (Å²) in [7, 11) is 0. The van der Waals surface area contributed by atoms with Crippen LogP contribution in [0.1, 0.15) is 58.2 Å². The predicted octanol–water partition coefficient (Wildman–Crippen LogP) is 6.26. The van der Waals surface area contributed by atoms with Gasteiger partial charge in [-0.3, -0.25) is 0 Å². The van der Waals surface area contributed by atoms with Crippen molar-refractivity contribution < 1.29 is 0 Å². The maximum absolute atomic E-state index is 2.40. The van der Waals surface area contributed by atoms with Crippen molar-refractivity contribution >= 4 is 0 Å². The molecule has 112 valence electrons. The summed E-state index contributed by atoms with van der Waals surface area (Å²) < 4.78 is 0. The highest BCUT2D eigenvalue weighted by Gasteiger charge is 2.23. The molecule has 0 aromatic heterocycles. The van der Waals surface area contributed by atoms with Gasteiger partial charge in [0.2, 0.25) is 0 Å². The normalized spacial score (nSPS) is 12.5. The lowest BCUT2D eigenvalue weighted by Crippen LogP contribution is -2.18. The van der Waals surface area contributed by atoms with Crippen molar-refractivity contribution in [3.05, 3.63) is 59.2 Å². The molecule has 0 bridgehead atoms. The van der Waals surface area contributed by atoms with E-state index < -0.39 is 0 Å². The highest BCUT2D eigenvalue weighted by atomic mass is 14.3. The van der Waals surface area contributed by atoms with E-state index in [9.17, 15) is 0 Å². The first-order valence-corrected chi connectivity index (χ1v) is 7.82. The molecule has 0 spiro atoms. The van der Waals surface area contributed by atoms with Gasteiger partial charge < -0.3 is 0 Å². The standard InChI is InChI=1S/C21H28/c1-15-18(16-11-9-8-10-12-16)13-17(20(2,3)4)14-19(15)21(5,6)7/h8-14H,1-7H3. The summed E-state index contributed by atoms with van der Waals surface area (Å²) in [6.07, 6.45) is 0. The summed E-state index contributed by atoms with van der Waals surface area (Å²) in [5.41, 5.74) is 7.28. The molecule has 2 aromatic rings. The molecule has 0 radical (unpaired) electrons. The van der Waals surface area contributed by atoms with Gasteiger partial charge in [-0.1, -0.05) is 84.0 Å². The summed E-state index contributed by atoms with van der Waals surface area (Å²) in [4.78, 5) is 0. The van der Waals surface area contributed by atoms with Gasteiger partial charge in [0, 0.05) is 0 Å². The molecule has 0 heterocycles. The van der Waals surface area contributed by atoms with E-state index in [1.807, 2.05) is 0 Å². The lowest BCUT2D eigenvalue weighted by Gasteiger charge is -2.28. The Morgan fingerprint density at radius 3 is 1.76 bits per heavy atom. The summed E-state index contributed by atoms with van der Waals surface area (Å²) in [6, 6.07) is 15.5. The SMILES string of the molecule is Cc1c(-c2ccccc2)cc(C(C)(C)C)cc1C(C)(C)C. The summed E-state index contributed by atoms with van der Waals surface area (Å²) >= 11 is 0. The molecule has 2 aromatic carbocycles. The van der Waals surface area contributed by atoms with E-state index in [1.165, 1.54) is 27.8 Å². The van der Waals surface area contributed by atoms with Gasteiger partial charge in [-0.15, -0.1) is 0 Å².